The predicted octanol–water partition coefficient (Wildman–Crippen LogP) is 2.31. The van der Waals surface area contributed by atoms with Crippen molar-refractivity contribution in [2.45, 2.75) is 13.5 Å². The van der Waals surface area contributed by atoms with Crippen LogP contribution >= 0.6 is 11.6 Å². The number of benzene rings is 1. The lowest BCUT2D eigenvalue weighted by Crippen LogP contribution is -2.32. The monoisotopic (exact) mass is 333 g/mol. The number of halogens is 1. The molecule has 8 heteroatoms. The summed E-state index contributed by atoms with van der Waals surface area (Å²) in [6.07, 6.45) is 1.35. The van der Waals surface area contributed by atoms with Crippen LogP contribution in [0.3, 0.4) is 0 Å². The summed E-state index contributed by atoms with van der Waals surface area (Å²) in [7, 11) is 0. The molecule has 1 aliphatic heterocycles. The minimum atomic E-state index is -0.854. The highest BCUT2D eigenvalue weighted by molar-refractivity contribution is 6.44. The van der Waals surface area contributed by atoms with E-state index in [1.807, 2.05) is 0 Å². The SMILES string of the molecule is CCN1C(=O)C(=O)N(Cc2coc(-c3ccc(Cl)cc3)n2)C1=O. The van der Waals surface area contributed by atoms with E-state index < -0.39 is 17.8 Å². The van der Waals surface area contributed by atoms with Gasteiger partial charge in [-0.1, -0.05) is 11.6 Å². The molecule has 0 aliphatic carbocycles. The molecule has 0 bridgehead atoms. The zero-order chi connectivity index (χ0) is 16.6. The number of oxazole rings is 1. The molecule has 2 aromatic rings. The molecule has 0 spiro atoms. The number of hydrogen-bond donors (Lipinski definition) is 0. The number of imide groups is 2. The summed E-state index contributed by atoms with van der Waals surface area (Å²) in [5.74, 6) is -1.33. The molecule has 1 fully saturated rings. The lowest BCUT2D eigenvalue weighted by Gasteiger charge is -2.12. The van der Waals surface area contributed by atoms with E-state index in [1.54, 1.807) is 31.2 Å². The van der Waals surface area contributed by atoms with Gasteiger partial charge in [-0.05, 0) is 31.2 Å². The smallest absolute Gasteiger partial charge is 0.334 e. The lowest BCUT2D eigenvalue weighted by atomic mass is 10.2. The second-order valence-electron chi connectivity index (χ2n) is 4.87. The Morgan fingerprint density at radius 2 is 1.74 bits per heavy atom. The molecule has 1 saturated heterocycles. The van der Waals surface area contributed by atoms with Crippen molar-refractivity contribution in [3.63, 3.8) is 0 Å². The van der Waals surface area contributed by atoms with Crippen LogP contribution in [0.15, 0.2) is 34.9 Å². The van der Waals surface area contributed by atoms with Crippen LogP contribution in [0.2, 0.25) is 5.02 Å². The van der Waals surface area contributed by atoms with Crippen LogP contribution < -0.4 is 0 Å². The Morgan fingerprint density at radius 3 is 2.35 bits per heavy atom. The summed E-state index contributed by atoms with van der Waals surface area (Å²) in [5, 5.41) is 0.590. The van der Waals surface area contributed by atoms with Crippen LogP contribution in [0.4, 0.5) is 4.79 Å². The van der Waals surface area contributed by atoms with Crippen molar-refractivity contribution in [3.8, 4) is 11.5 Å². The highest BCUT2D eigenvalue weighted by atomic mass is 35.5. The number of rotatable bonds is 4. The zero-order valence-electron chi connectivity index (χ0n) is 12.2. The average molecular weight is 334 g/mol. The van der Waals surface area contributed by atoms with Crippen LogP contribution in [0.1, 0.15) is 12.6 Å². The fourth-order valence-electron chi connectivity index (χ4n) is 2.24. The molecule has 1 aromatic carbocycles. The van der Waals surface area contributed by atoms with Gasteiger partial charge in [0.2, 0.25) is 5.89 Å². The third kappa shape index (κ3) is 2.70. The van der Waals surface area contributed by atoms with Gasteiger partial charge in [-0.3, -0.25) is 14.5 Å². The molecule has 7 nitrogen and oxygen atoms in total. The molecule has 0 unspecified atom stereocenters. The summed E-state index contributed by atoms with van der Waals surface area (Å²) in [6, 6.07) is 6.25. The second-order valence-corrected chi connectivity index (χ2v) is 5.31. The van der Waals surface area contributed by atoms with Gasteiger partial charge in [-0.15, -0.1) is 0 Å². The summed E-state index contributed by atoms with van der Waals surface area (Å²) < 4.78 is 5.35. The van der Waals surface area contributed by atoms with Crippen molar-refractivity contribution in [2.24, 2.45) is 0 Å². The van der Waals surface area contributed by atoms with E-state index >= 15 is 0 Å². The number of nitrogens with zero attached hydrogens (tertiary/aromatic N) is 3. The first-order valence-electron chi connectivity index (χ1n) is 6.89. The first kappa shape index (κ1) is 15.2. The van der Waals surface area contributed by atoms with Crippen LogP contribution in [0.25, 0.3) is 11.5 Å². The fourth-order valence-corrected chi connectivity index (χ4v) is 2.36. The molecule has 1 aliphatic rings. The molecule has 23 heavy (non-hydrogen) atoms. The number of amides is 4. The quantitative estimate of drug-likeness (QED) is 0.633. The normalized spacial score (nSPS) is 15.0. The molecular formula is C15H12ClN3O4. The van der Waals surface area contributed by atoms with Crippen LogP contribution in [-0.2, 0) is 16.1 Å². The first-order chi connectivity index (χ1) is 11.0. The number of carbonyl (C=O) groups excluding carboxylic acids is 3. The van der Waals surface area contributed by atoms with Gasteiger partial charge < -0.3 is 4.42 Å². The van der Waals surface area contributed by atoms with Gasteiger partial charge in [0.05, 0.1) is 12.2 Å². The van der Waals surface area contributed by atoms with Gasteiger partial charge in [0, 0.05) is 17.1 Å². The molecule has 4 amide bonds. The minimum absolute atomic E-state index is 0.114. The number of urea groups is 1. The van der Waals surface area contributed by atoms with Crippen LogP contribution in [-0.4, -0.2) is 39.2 Å². The standard InChI is InChI=1S/C15H12ClN3O4/c1-2-18-13(20)14(21)19(15(18)22)7-11-8-23-12(17-11)9-3-5-10(16)6-4-9/h3-6,8H,2,7H2,1H3. The Kier molecular flexibility index (Phi) is 3.87. The third-order valence-corrected chi connectivity index (χ3v) is 3.67. The van der Waals surface area contributed by atoms with Crippen LogP contribution in [0.5, 0.6) is 0 Å². The van der Waals surface area contributed by atoms with Gasteiger partial charge in [0.1, 0.15) is 6.26 Å². The van der Waals surface area contributed by atoms with Crippen molar-refractivity contribution >= 4 is 29.4 Å². The Labute approximate surface area is 136 Å². The summed E-state index contributed by atoms with van der Waals surface area (Å²) >= 11 is 5.82. The molecule has 118 valence electrons. The lowest BCUT2D eigenvalue weighted by molar-refractivity contribution is -0.143. The third-order valence-electron chi connectivity index (χ3n) is 3.41. The Bertz CT molecular complexity index is 784. The number of likely N-dealkylation sites (N-methyl/N-ethyl adjacent to an activating group) is 1. The Hall–Kier alpha value is -2.67. The summed E-state index contributed by atoms with van der Waals surface area (Å²) in [4.78, 5) is 41.5. The van der Waals surface area contributed by atoms with E-state index in [1.165, 1.54) is 6.26 Å². The van der Waals surface area contributed by atoms with E-state index in [4.69, 9.17) is 16.0 Å². The van der Waals surface area contributed by atoms with Crippen molar-refractivity contribution in [1.29, 1.82) is 0 Å². The van der Waals surface area contributed by atoms with E-state index in [2.05, 4.69) is 4.98 Å². The highest BCUT2D eigenvalue weighted by Gasteiger charge is 2.43. The second kappa shape index (κ2) is 5.85. The van der Waals surface area contributed by atoms with Gasteiger partial charge in [-0.25, -0.2) is 14.7 Å². The molecule has 3 rings (SSSR count). The van der Waals surface area contributed by atoms with Crippen molar-refractivity contribution < 1.29 is 18.8 Å². The van der Waals surface area contributed by atoms with E-state index in [0.717, 1.165) is 9.80 Å². The maximum absolute atomic E-state index is 12.0. The molecular weight excluding hydrogens is 322 g/mol. The maximum atomic E-state index is 12.0. The minimum Gasteiger partial charge on any atom is -0.444 e. The topological polar surface area (TPSA) is 83.7 Å². The molecule has 0 atom stereocenters. The zero-order valence-corrected chi connectivity index (χ0v) is 12.9. The Balaban J connectivity index is 1.79. The molecule has 2 heterocycles. The van der Waals surface area contributed by atoms with Crippen molar-refractivity contribution in [2.75, 3.05) is 6.54 Å². The van der Waals surface area contributed by atoms with Gasteiger partial charge in [0.15, 0.2) is 0 Å². The predicted molar refractivity (Wildman–Crippen MR) is 80.3 cm³/mol. The summed E-state index contributed by atoms with van der Waals surface area (Å²) in [5.41, 5.74) is 1.09. The van der Waals surface area contributed by atoms with Crippen LogP contribution in [0, 0.1) is 0 Å². The molecule has 0 radical (unpaired) electrons. The number of aromatic nitrogens is 1. The number of carbonyl (C=O) groups is 3. The fraction of sp³-hybridized carbons (Fsp3) is 0.200. The van der Waals surface area contributed by atoms with Gasteiger partial charge >= 0.3 is 17.8 Å². The molecule has 0 saturated carbocycles. The van der Waals surface area contributed by atoms with Crippen molar-refractivity contribution in [1.82, 2.24) is 14.8 Å². The number of hydrogen-bond acceptors (Lipinski definition) is 5. The van der Waals surface area contributed by atoms with Gasteiger partial charge in [0.25, 0.3) is 0 Å². The first-order valence-corrected chi connectivity index (χ1v) is 7.26. The largest absolute Gasteiger partial charge is 0.444 e. The van der Waals surface area contributed by atoms with E-state index in [9.17, 15) is 14.4 Å². The van der Waals surface area contributed by atoms with E-state index in [0.29, 0.717) is 22.2 Å². The molecule has 1 aromatic heterocycles. The Morgan fingerprint density at radius 1 is 1.09 bits per heavy atom. The highest BCUT2D eigenvalue weighted by Crippen LogP contribution is 2.22. The average Bonchev–Trinajstić information content (AvgIpc) is 3.08. The van der Waals surface area contributed by atoms with Crippen molar-refractivity contribution in [3.05, 3.63) is 41.2 Å². The van der Waals surface area contributed by atoms with E-state index in [-0.39, 0.29) is 13.1 Å². The molecule has 0 N–H and O–H groups in total. The van der Waals surface area contributed by atoms with Gasteiger partial charge in [-0.2, -0.15) is 0 Å². The maximum Gasteiger partial charge on any atom is 0.334 e. The summed E-state index contributed by atoms with van der Waals surface area (Å²) in [6.45, 7) is 1.66.